The minimum absolute atomic E-state index is 0.751. The number of hydrogen-bond acceptors (Lipinski definition) is 3. The summed E-state index contributed by atoms with van der Waals surface area (Å²) in [7, 11) is 0. The number of hydrogen-bond donors (Lipinski definition) is 2. The average Bonchev–Trinajstić information content (AvgIpc) is 2.90. The van der Waals surface area contributed by atoms with Crippen molar-refractivity contribution in [3.05, 3.63) is 35.4 Å². The van der Waals surface area contributed by atoms with E-state index in [4.69, 9.17) is 11.6 Å². The molecule has 2 aromatic rings. The van der Waals surface area contributed by atoms with Crippen molar-refractivity contribution in [2.24, 2.45) is 0 Å². The van der Waals surface area contributed by atoms with Crippen molar-refractivity contribution in [2.75, 3.05) is 31.1 Å². The van der Waals surface area contributed by atoms with E-state index in [0.717, 1.165) is 48.3 Å². The van der Waals surface area contributed by atoms with Gasteiger partial charge in [0.05, 0.1) is 5.69 Å². The Morgan fingerprint density at radius 2 is 1.83 bits per heavy atom. The smallest absolute Gasteiger partial charge is 0.151 e. The molecular weight excluding hydrogens is 248 g/mol. The molecule has 0 bridgehead atoms. The number of piperazine rings is 1. The summed E-state index contributed by atoms with van der Waals surface area (Å²) in [5.41, 5.74) is 2.13. The second-order valence-corrected chi connectivity index (χ2v) is 4.82. The van der Waals surface area contributed by atoms with Crippen LogP contribution in [0.3, 0.4) is 0 Å². The van der Waals surface area contributed by atoms with Crippen molar-refractivity contribution in [2.45, 2.75) is 0 Å². The lowest BCUT2D eigenvalue weighted by molar-refractivity contribution is 0.584. The third kappa shape index (κ3) is 2.35. The number of aromatic nitrogens is 2. The minimum Gasteiger partial charge on any atom is -0.353 e. The monoisotopic (exact) mass is 262 g/mol. The van der Waals surface area contributed by atoms with Crippen molar-refractivity contribution in [1.29, 1.82) is 0 Å². The van der Waals surface area contributed by atoms with Crippen molar-refractivity contribution >= 4 is 17.4 Å². The lowest BCUT2D eigenvalue weighted by Crippen LogP contribution is -2.43. The summed E-state index contributed by atoms with van der Waals surface area (Å²) < 4.78 is 0. The van der Waals surface area contributed by atoms with Crippen molar-refractivity contribution in [1.82, 2.24) is 15.5 Å². The lowest BCUT2D eigenvalue weighted by atomic mass is 10.1. The summed E-state index contributed by atoms with van der Waals surface area (Å²) in [5, 5.41) is 11.5. The molecule has 5 heteroatoms. The Bertz CT molecular complexity index is 514. The quantitative estimate of drug-likeness (QED) is 0.872. The highest BCUT2D eigenvalue weighted by molar-refractivity contribution is 6.30. The zero-order chi connectivity index (χ0) is 12.4. The topological polar surface area (TPSA) is 44.0 Å². The maximum absolute atomic E-state index is 5.89. The fraction of sp³-hybridized carbons (Fsp3) is 0.308. The van der Waals surface area contributed by atoms with E-state index in [1.165, 1.54) is 0 Å². The van der Waals surface area contributed by atoms with E-state index in [1.807, 2.05) is 24.3 Å². The molecule has 4 nitrogen and oxygen atoms in total. The molecule has 0 spiro atoms. The first-order valence-corrected chi connectivity index (χ1v) is 6.48. The molecule has 0 radical (unpaired) electrons. The van der Waals surface area contributed by atoms with E-state index in [-0.39, 0.29) is 0 Å². The van der Waals surface area contributed by atoms with Gasteiger partial charge in [0.2, 0.25) is 0 Å². The van der Waals surface area contributed by atoms with Crippen LogP contribution in [0.4, 0.5) is 5.82 Å². The molecular formula is C13H15ClN4. The molecule has 0 atom stereocenters. The molecule has 1 fully saturated rings. The average molecular weight is 263 g/mol. The van der Waals surface area contributed by atoms with Gasteiger partial charge in [0.15, 0.2) is 5.82 Å². The molecule has 3 rings (SSSR count). The fourth-order valence-electron chi connectivity index (χ4n) is 2.14. The largest absolute Gasteiger partial charge is 0.353 e. The van der Waals surface area contributed by atoms with E-state index in [0.29, 0.717) is 0 Å². The number of benzene rings is 1. The molecule has 0 unspecified atom stereocenters. The predicted molar refractivity (Wildman–Crippen MR) is 74.1 cm³/mol. The van der Waals surface area contributed by atoms with E-state index >= 15 is 0 Å². The van der Waals surface area contributed by atoms with Crippen LogP contribution in [0.2, 0.25) is 5.02 Å². The van der Waals surface area contributed by atoms with Crippen LogP contribution < -0.4 is 10.2 Å². The molecule has 1 aromatic heterocycles. The maximum atomic E-state index is 5.89. The number of nitrogens with one attached hydrogen (secondary N) is 2. The number of anilines is 1. The lowest BCUT2D eigenvalue weighted by Gasteiger charge is -2.26. The molecule has 18 heavy (non-hydrogen) atoms. The third-order valence-corrected chi connectivity index (χ3v) is 3.41. The number of aromatic amines is 1. The van der Waals surface area contributed by atoms with Gasteiger partial charge in [0.1, 0.15) is 0 Å². The number of nitrogens with zero attached hydrogens (tertiary/aromatic N) is 2. The highest BCUT2D eigenvalue weighted by Gasteiger charge is 2.13. The van der Waals surface area contributed by atoms with Gasteiger partial charge in [0.25, 0.3) is 0 Å². The van der Waals surface area contributed by atoms with Gasteiger partial charge in [-0.2, -0.15) is 5.10 Å². The molecule has 94 valence electrons. The standard InChI is InChI=1S/C13H15ClN4/c14-11-3-1-10(2-4-11)12-9-13(17-16-12)18-7-5-15-6-8-18/h1-4,9,15H,5-8H2,(H,16,17). The second kappa shape index (κ2) is 5.00. The van der Waals surface area contributed by atoms with Crippen LogP contribution in [0.1, 0.15) is 0 Å². The van der Waals surface area contributed by atoms with Gasteiger partial charge in [-0.05, 0) is 17.7 Å². The van der Waals surface area contributed by atoms with Crippen LogP contribution in [0.25, 0.3) is 11.3 Å². The van der Waals surface area contributed by atoms with Crippen molar-refractivity contribution in [3.8, 4) is 11.3 Å². The molecule has 0 aliphatic carbocycles. The summed E-state index contributed by atoms with van der Waals surface area (Å²) in [5.74, 6) is 1.02. The second-order valence-electron chi connectivity index (χ2n) is 4.38. The number of rotatable bonds is 2. The van der Waals surface area contributed by atoms with Crippen LogP contribution in [-0.4, -0.2) is 36.4 Å². The summed E-state index contributed by atoms with van der Waals surface area (Å²) in [6, 6.07) is 9.87. The van der Waals surface area contributed by atoms with E-state index < -0.39 is 0 Å². The Kier molecular flexibility index (Phi) is 3.21. The zero-order valence-corrected chi connectivity index (χ0v) is 10.7. The number of H-pyrrole nitrogens is 1. The summed E-state index contributed by atoms with van der Waals surface area (Å²) >= 11 is 5.89. The van der Waals surface area contributed by atoms with Crippen molar-refractivity contribution in [3.63, 3.8) is 0 Å². The first kappa shape index (κ1) is 11.6. The predicted octanol–water partition coefficient (Wildman–Crippen LogP) is 2.14. The third-order valence-electron chi connectivity index (χ3n) is 3.16. The highest BCUT2D eigenvalue weighted by Crippen LogP contribution is 2.23. The van der Waals surface area contributed by atoms with Crippen molar-refractivity contribution < 1.29 is 0 Å². The maximum Gasteiger partial charge on any atom is 0.151 e. The summed E-state index contributed by atoms with van der Waals surface area (Å²) in [6.45, 7) is 4.04. The van der Waals surface area contributed by atoms with Gasteiger partial charge in [0, 0.05) is 37.3 Å². The van der Waals surface area contributed by atoms with Crippen LogP contribution >= 0.6 is 11.6 Å². The molecule has 2 heterocycles. The molecule has 1 aromatic carbocycles. The van der Waals surface area contributed by atoms with Gasteiger partial charge in [-0.25, -0.2) is 0 Å². The highest BCUT2D eigenvalue weighted by atomic mass is 35.5. The first-order chi connectivity index (χ1) is 8.83. The van der Waals surface area contributed by atoms with Gasteiger partial charge in [-0.1, -0.05) is 23.7 Å². The zero-order valence-electron chi connectivity index (χ0n) is 9.99. The van der Waals surface area contributed by atoms with Crippen LogP contribution in [-0.2, 0) is 0 Å². The molecule has 1 aliphatic rings. The van der Waals surface area contributed by atoms with Crippen LogP contribution in [0.5, 0.6) is 0 Å². The van der Waals surface area contributed by atoms with Gasteiger partial charge >= 0.3 is 0 Å². The van der Waals surface area contributed by atoms with Gasteiger partial charge < -0.3 is 10.2 Å². The Labute approximate surface area is 111 Å². The minimum atomic E-state index is 0.751. The first-order valence-electron chi connectivity index (χ1n) is 6.10. The molecule has 2 N–H and O–H groups in total. The summed E-state index contributed by atoms with van der Waals surface area (Å²) in [4.78, 5) is 2.28. The molecule has 0 amide bonds. The molecule has 1 saturated heterocycles. The Balaban J connectivity index is 1.82. The van der Waals surface area contributed by atoms with Gasteiger partial charge in [-0.15, -0.1) is 0 Å². The van der Waals surface area contributed by atoms with E-state index in [9.17, 15) is 0 Å². The SMILES string of the molecule is Clc1ccc(-c2cc(N3CCNCC3)n[nH]2)cc1. The molecule has 0 saturated carbocycles. The molecule has 1 aliphatic heterocycles. The summed E-state index contributed by atoms with van der Waals surface area (Å²) in [6.07, 6.45) is 0. The number of halogens is 1. The van der Waals surface area contributed by atoms with Gasteiger partial charge in [-0.3, -0.25) is 5.10 Å². The Morgan fingerprint density at radius 1 is 1.11 bits per heavy atom. The van der Waals surface area contributed by atoms with Crippen LogP contribution in [0, 0.1) is 0 Å². The van der Waals surface area contributed by atoms with Crippen LogP contribution in [0.15, 0.2) is 30.3 Å². The normalized spacial score (nSPS) is 15.9. The Hall–Kier alpha value is -1.52. The Morgan fingerprint density at radius 3 is 2.56 bits per heavy atom. The van der Waals surface area contributed by atoms with E-state index in [1.54, 1.807) is 0 Å². The van der Waals surface area contributed by atoms with E-state index in [2.05, 4.69) is 26.5 Å². The fourth-order valence-corrected chi connectivity index (χ4v) is 2.27.